The Hall–Kier alpha value is -0.260. The maximum Gasteiger partial charge on any atom is 0.429 e. The summed E-state index contributed by atoms with van der Waals surface area (Å²) in [4.78, 5) is 12.3. The van der Waals surface area contributed by atoms with Gasteiger partial charge in [0.1, 0.15) is 6.26 Å². The van der Waals surface area contributed by atoms with Crippen molar-refractivity contribution < 1.29 is 14.5 Å². The lowest BCUT2D eigenvalue weighted by molar-refractivity contribution is 0.199. The number of likely N-dealkylation sites (N-methyl/N-ethyl adjacent to an activating group) is 1. The summed E-state index contributed by atoms with van der Waals surface area (Å²) in [7, 11) is 0. The molecule has 4 nitrogen and oxygen atoms in total. The second-order valence-corrected chi connectivity index (χ2v) is 3.28. The summed E-state index contributed by atoms with van der Waals surface area (Å²) in [5, 5.41) is 8.09. The van der Waals surface area contributed by atoms with E-state index in [1.165, 1.54) is 11.2 Å². The minimum atomic E-state index is -1.47. The molecule has 11 heavy (non-hydrogen) atoms. The molecule has 5 heteroatoms. The Kier molecular flexibility index (Phi) is 5.27. The number of amides is 1. The Bertz CT molecular complexity index is 129. The molecule has 0 saturated heterocycles. The van der Waals surface area contributed by atoms with Crippen molar-refractivity contribution in [2.75, 3.05) is 26.0 Å². The quantitative estimate of drug-likeness (QED) is 0.610. The molecule has 0 aliphatic rings. The van der Waals surface area contributed by atoms with Crippen LogP contribution < -0.4 is 0 Å². The third-order valence-corrected chi connectivity index (χ3v) is 2.01. The van der Waals surface area contributed by atoms with Crippen molar-refractivity contribution in [2.45, 2.75) is 6.92 Å². The maximum absolute atomic E-state index is 11.0. The molecule has 0 aromatic carbocycles. The standard InChI is InChI=1S/C6H13NO3S/c1-3-7(4-5-8)6(9)11(2)10/h8H,3-5H2,1-2H3. The number of aliphatic hydroxyl groups is 1. The van der Waals surface area contributed by atoms with Crippen LogP contribution in [0.25, 0.3) is 0 Å². The number of rotatable bonds is 3. The van der Waals surface area contributed by atoms with Gasteiger partial charge in [0, 0.05) is 24.3 Å². The number of hydrogen-bond donors (Lipinski definition) is 1. The molecule has 0 spiro atoms. The molecule has 0 saturated carbocycles. The van der Waals surface area contributed by atoms with Crippen molar-refractivity contribution in [2.24, 2.45) is 0 Å². The van der Waals surface area contributed by atoms with E-state index in [0.717, 1.165) is 0 Å². The fourth-order valence-electron chi connectivity index (χ4n) is 0.681. The Morgan fingerprint density at radius 3 is 2.55 bits per heavy atom. The van der Waals surface area contributed by atoms with Crippen molar-refractivity contribution in [1.82, 2.24) is 4.90 Å². The van der Waals surface area contributed by atoms with Crippen molar-refractivity contribution in [3.63, 3.8) is 0 Å². The molecule has 0 bridgehead atoms. The molecule has 0 radical (unpaired) electrons. The maximum atomic E-state index is 11.0. The third-order valence-electron chi connectivity index (χ3n) is 1.26. The van der Waals surface area contributed by atoms with Crippen LogP contribution in [0.3, 0.4) is 0 Å². The molecule has 0 rings (SSSR count). The van der Waals surface area contributed by atoms with Gasteiger partial charge in [0.05, 0.1) is 6.61 Å². The number of nitrogens with zero attached hydrogens (tertiary/aromatic N) is 1. The highest BCUT2D eigenvalue weighted by Gasteiger charge is 2.20. The first-order valence-corrected chi connectivity index (χ1v) is 4.92. The predicted molar refractivity (Wildman–Crippen MR) is 43.8 cm³/mol. The zero-order valence-electron chi connectivity index (χ0n) is 6.74. The highest BCUT2D eigenvalue weighted by Crippen LogP contribution is 1.97. The zero-order valence-corrected chi connectivity index (χ0v) is 7.56. The van der Waals surface area contributed by atoms with Crippen LogP contribution in [0.4, 0.5) is 4.79 Å². The normalized spacial score (nSPS) is 12.7. The van der Waals surface area contributed by atoms with Crippen molar-refractivity contribution in [3.05, 3.63) is 0 Å². The van der Waals surface area contributed by atoms with E-state index in [9.17, 15) is 9.35 Å². The highest BCUT2D eigenvalue weighted by molar-refractivity contribution is 8.05. The minimum absolute atomic E-state index is 0.0865. The van der Waals surface area contributed by atoms with Crippen LogP contribution in [0.15, 0.2) is 0 Å². The summed E-state index contributed by atoms with van der Waals surface area (Å²) in [6, 6.07) is 0. The van der Waals surface area contributed by atoms with Crippen LogP contribution >= 0.6 is 0 Å². The fraction of sp³-hybridized carbons (Fsp3) is 0.833. The van der Waals surface area contributed by atoms with E-state index in [1.54, 1.807) is 6.92 Å². The number of carbonyl (C=O) groups is 1. The van der Waals surface area contributed by atoms with E-state index in [2.05, 4.69) is 0 Å². The number of hydrogen-bond acceptors (Lipinski definition) is 3. The van der Waals surface area contributed by atoms with E-state index >= 15 is 0 Å². The molecule has 0 fully saturated rings. The molecule has 1 unspecified atom stereocenters. The van der Waals surface area contributed by atoms with Crippen molar-refractivity contribution >= 4 is 16.4 Å². The topological polar surface area (TPSA) is 63.6 Å². The first-order valence-electron chi connectivity index (χ1n) is 3.36. The highest BCUT2D eigenvalue weighted by atomic mass is 32.2. The average molecular weight is 179 g/mol. The third kappa shape index (κ3) is 3.60. The summed E-state index contributed by atoms with van der Waals surface area (Å²) in [6.45, 7) is 2.44. The van der Waals surface area contributed by atoms with Gasteiger partial charge in [-0.3, -0.25) is 4.90 Å². The summed E-state index contributed by atoms with van der Waals surface area (Å²) in [6.07, 6.45) is 1.34. The summed E-state index contributed by atoms with van der Waals surface area (Å²) >= 11 is -1.47. The minimum Gasteiger partial charge on any atom is -0.608 e. The van der Waals surface area contributed by atoms with E-state index in [4.69, 9.17) is 5.11 Å². The molecular formula is C6H13NO3S. The first kappa shape index (κ1) is 10.7. The van der Waals surface area contributed by atoms with E-state index in [-0.39, 0.29) is 13.2 Å². The Morgan fingerprint density at radius 2 is 2.27 bits per heavy atom. The summed E-state index contributed by atoms with van der Waals surface area (Å²) in [5.41, 5.74) is 0. The fourth-order valence-corrected chi connectivity index (χ4v) is 1.27. The molecule has 0 aliphatic heterocycles. The molecule has 1 N–H and O–H groups in total. The lowest BCUT2D eigenvalue weighted by atomic mass is 10.5. The van der Waals surface area contributed by atoms with Crippen molar-refractivity contribution in [1.29, 1.82) is 0 Å². The van der Waals surface area contributed by atoms with E-state index in [1.807, 2.05) is 0 Å². The van der Waals surface area contributed by atoms with E-state index in [0.29, 0.717) is 6.54 Å². The van der Waals surface area contributed by atoms with Crippen LogP contribution in [-0.4, -0.2) is 45.8 Å². The van der Waals surface area contributed by atoms with Gasteiger partial charge in [-0.15, -0.1) is 0 Å². The van der Waals surface area contributed by atoms with Gasteiger partial charge in [-0.1, -0.05) is 0 Å². The summed E-state index contributed by atoms with van der Waals surface area (Å²) < 4.78 is 10.7. The van der Waals surface area contributed by atoms with Crippen LogP contribution in [-0.2, 0) is 11.2 Å². The van der Waals surface area contributed by atoms with Gasteiger partial charge in [0.2, 0.25) is 0 Å². The lowest BCUT2D eigenvalue weighted by Gasteiger charge is -2.17. The van der Waals surface area contributed by atoms with Gasteiger partial charge in [0.25, 0.3) is 0 Å². The molecule has 1 atom stereocenters. The Balaban J connectivity index is 3.92. The van der Waals surface area contributed by atoms with Crippen LogP contribution in [0.5, 0.6) is 0 Å². The molecule has 0 heterocycles. The molecule has 0 aromatic rings. The van der Waals surface area contributed by atoms with Gasteiger partial charge in [-0.25, -0.2) is 4.79 Å². The second kappa shape index (κ2) is 5.40. The smallest absolute Gasteiger partial charge is 0.429 e. The SMILES string of the molecule is CCN(CCO)C(=O)[S+](C)[O-]. The molecule has 66 valence electrons. The van der Waals surface area contributed by atoms with Gasteiger partial charge in [-0.2, -0.15) is 0 Å². The number of carbonyl (C=O) groups excluding carboxylic acids is 1. The Labute approximate surface area is 69.4 Å². The molecular weight excluding hydrogens is 166 g/mol. The largest absolute Gasteiger partial charge is 0.608 e. The lowest BCUT2D eigenvalue weighted by Crippen LogP contribution is -2.36. The van der Waals surface area contributed by atoms with Gasteiger partial charge in [0.15, 0.2) is 0 Å². The Morgan fingerprint density at radius 1 is 1.73 bits per heavy atom. The number of aliphatic hydroxyl groups excluding tert-OH is 1. The monoisotopic (exact) mass is 179 g/mol. The van der Waals surface area contributed by atoms with Crippen LogP contribution in [0, 0.1) is 0 Å². The van der Waals surface area contributed by atoms with Gasteiger partial charge >= 0.3 is 5.24 Å². The van der Waals surface area contributed by atoms with E-state index < -0.39 is 16.4 Å². The van der Waals surface area contributed by atoms with Crippen LogP contribution in [0.1, 0.15) is 6.92 Å². The second-order valence-electron chi connectivity index (χ2n) is 2.02. The first-order chi connectivity index (χ1) is 5.13. The predicted octanol–water partition coefficient (Wildman–Crippen LogP) is -0.201. The molecule has 0 aliphatic carbocycles. The van der Waals surface area contributed by atoms with Crippen molar-refractivity contribution in [3.8, 4) is 0 Å². The summed E-state index contributed by atoms with van der Waals surface area (Å²) in [5.74, 6) is 0. The van der Waals surface area contributed by atoms with Gasteiger partial charge in [-0.05, 0) is 6.92 Å². The zero-order chi connectivity index (χ0) is 8.85. The average Bonchev–Trinajstić information content (AvgIpc) is 1.98. The van der Waals surface area contributed by atoms with Crippen LogP contribution in [0.2, 0.25) is 0 Å². The molecule has 1 amide bonds. The van der Waals surface area contributed by atoms with Gasteiger partial charge < -0.3 is 9.66 Å². The molecule has 0 aromatic heterocycles.